The Labute approximate surface area is 94.7 Å². The minimum Gasteiger partial charge on any atom is -0.291 e. The molecule has 0 aliphatic heterocycles. The monoisotopic (exact) mass is 220 g/mol. The van der Waals surface area contributed by atoms with E-state index in [0.717, 1.165) is 0 Å². The lowest BCUT2D eigenvalue weighted by Gasteiger charge is -2.17. The molecule has 0 aliphatic rings. The smallest absolute Gasteiger partial charge is 0.206 e. The van der Waals surface area contributed by atoms with Gasteiger partial charge in [0.15, 0.2) is 0 Å². The van der Waals surface area contributed by atoms with Gasteiger partial charge in [-0.1, -0.05) is 13.0 Å². The maximum absolute atomic E-state index is 10.6. The number of carbonyl (C=O) groups excluding carboxylic acids is 4. The van der Waals surface area contributed by atoms with Crippen molar-refractivity contribution in [3.05, 3.63) is 12.7 Å². The van der Waals surface area contributed by atoms with Gasteiger partial charge >= 0.3 is 0 Å². The Balaban J connectivity index is 4.66. The molecule has 0 fully saturated rings. The van der Waals surface area contributed by atoms with Gasteiger partial charge in [0.05, 0.1) is 5.92 Å². The maximum Gasteiger partial charge on any atom is 0.206 e. The Morgan fingerprint density at radius 1 is 1.00 bits per heavy atom. The molecule has 0 N–H and O–H groups in total. The number of hydrogen-bond donors (Lipinski definition) is 0. The van der Waals surface area contributed by atoms with Gasteiger partial charge in [0.2, 0.25) is 25.1 Å². The van der Waals surface area contributed by atoms with Crippen LogP contribution >= 0.6 is 0 Å². The topological polar surface area (TPSA) is 68.3 Å². The summed E-state index contributed by atoms with van der Waals surface area (Å²) in [6, 6.07) is 0. The Morgan fingerprint density at radius 3 is 1.88 bits per heavy atom. The second-order valence-corrected chi connectivity index (χ2v) is 3.47. The number of rotatable bonds is 9. The van der Waals surface area contributed by atoms with E-state index in [9.17, 15) is 19.2 Å². The molecule has 4 atom stereocenters. The Morgan fingerprint density at radius 2 is 1.56 bits per heavy atom. The van der Waals surface area contributed by atoms with Crippen molar-refractivity contribution in [3.63, 3.8) is 0 Å². The normalized spacial score (nSPS) is 17.6. The Bertz CT molecular complexity index is 264. The quantitative estimate of drug-likeness (QED) is 0.530. The third-order valence-electron chi connectivity index (χ3n) is 2.42. The molecule has 4 unspecified atom stereocenters. The highest BCUT2D eigenvalue weighted by molar-refractivity contribution is 5.70. The number of hydrogen-bond acceptors (Lipinski definition) is 4. The molecule has 4 nitrogen and oxygen atoms in total. The summed E-state index contributed by atoms with van der Waals surface area (Å²) in [6.45, 7) is 4.88. The maximum atomic E-state index is 10.6. The molecule has 0 heterocycles. The van der Waals surface area contributed by atoms with Gasteiger partial charge in [0, 0.05) is 17.8 Å². The number of allylic oxidation sites excluding steroid dienone is 1. The van der Waals surface area contributed by atoms with Crippen LogP contribution in [0.25, 0.3) is 0 Å². The van der Waals surface area contributed by atoms with E-state index in [1.165, 1.54) is 13.0 Å². The molecule has 4 radical (unpaired) electrons. The highest BCUT2D eigenvalue weighted by Gasteiger charge is 2.27. The second kappa shape index (κ2) is 7.68. The summed E-state index contributed by atoms with van der Waals surface area (Å²) >= 11 is 0. The molecular formula is C12H12O4. The molecule has 0 aliphatic carbocycles. The van der Waals surface area contributed by atoms with Crippen LogP contribution < -0.4 is 0 Å². The molecule has 0 rings (SSSR count). The molecule has 0 saturated heterocycles. The van der Waals surface area contributed by atoms with Crippen LogP contribution in [0.5, 0.6) is 0 Å². The van der Waals surface area contributed by atoms with Crippen molar-refractivity contribution in [2.75, 3.05) is 0 Å². The van der Waals surface area contributed by atoms with Crippen LogP contribution in [0, 0.1) is 23.7 Å². The van der Waals surface area contributed by atoms with E-state index >= 15 is 0 Å². The first kappa shape index (κ1) is 14.4. The average Bonchev–Trinajstić information content (AvgIpc) is 2.33. The van der Waals surface area contributed by atoms with E-state index in [1.807, 2.05) is 0 Å². The van der Waals surface area contributed by atoms with Gasteiger partial charge < -0.3 is 0 Å². The first-order chi connectivity index (χ1) is 7.64. The molecule has 0 aromatic rings. The molecule has 0 amide bonds. The summed E-state index contributed by atoms with van der Waals surface area (Å²) in [6.07, 6.45) is 7.89. The fraction of sp³-hybridized carbons (Fsp3) is 0.500. The first-order valence-electron chi connectivity index (χ1n) is 4.77. The third kappa shape index (κ3) is 3.88. The van der Waals surface area contributed by atoms with Crippen molar-refractivity contribution in [3.8, 4) is 0 Å². The van der Waals surface area contributed by atoms with Crippen LogP contribution in [0.2, 0.25) is 0 Å². The van der Waals surface area contributed by atoms with Gasteiger partial charge in [-0.15, -0.1) is 6.58 Å². The van der Waals surface area contributed by atoms with Crippen LogP contribution in [-0.4, -0.2) is 25.1 Å². The van der Waals surface area contributed by atoms with Crippen LogP contribution in [0.4, 0.5) is 0 Å². The van der Waals surface area contributed by atoms with Gasteiger partial charge in [0.25, 0.3) is 0 Å². The van der Waals surface area contributed by atoms with Gasteiger partial charge in [-0.25, -0.2) is 0 Å². The lowest BCUT2D eigenvalue weighted by Crippen LogP contribution is -2.24. The van der Waals surface area contributed by atoms with Crippen molar-refractivity contribution in [2.24, 2.45) is 23.7 Å². The van der Waals surface area contributed by atoms with E-state index in [1.54, 1.807) is 25.1 Å². The van der Waals surface area contributed by atoms with Gasteiger partial charge in [-0.3, -0.25) is 19.2 Å². The molecule has 4 heteroatoms. The molecule has 84 valence electrons. The predicted molar refractivity (Wildman–Crippen MR) is 57.2 cm³/mol. The van der Waals surface area contributed by atoms with E-state index < -0.39 is 23.7 Å². The summed E-state index contributed by atoms with van der Waals surface area (Å²) < 4.78 is 0. The van der Waals surface area contributed by atoms with Crippen LogP contribution in [0.1, 0.15) is 13.3 Å². The molecule has 0 spiro atoms. The SMILES string of the molecule is C=CC([C]=O)C([C]=O)CC([C]=O)C(C)[C]=O. The van der Waals surface area contributed by atoms with Gasteiger partial charge in [-0.2, -0.15) is 0 Å². The van der Waals surface area contributed by atoms with Crippen molar-refractivity contribution in [2.45, 2.75) is 13.3 Å². The van der Waals surface area contributed by atoms with Crippen molar-refractivity contribution in [1.82, 2.24) is 0 Å². The van der Waals surface area contributed by atoms with Crippen LogP contribution in [0.15, 0.2) is 12.7 Å². The highest BCUT2D eigenvalue weighted by Crippen LogP contribution is 2.22. The zero-order valence-corrected chi connectivity index (χ0v) is 8.93. The predicted octanol–water partition coefficient (Wildman–Crippen LogP) is 0.486. The summed E-state index contributed by atoms with van der Waals surface area (Å²) in [7, 11) is 0. The Kier molecular flexibility index (Phi) is 6.92. The van der Waals surface area contributed by atoms with E-state index in [4.69, 9.17) is 0 Å². The molecule has 0 aromatic carbocycles. The first-order valence-corrected chi connectivity index (χ1v) is 4.77. The largest absolute Gasteiger partial charge is 0.291 e. The summed E-state index contributed by atoms with van der Waals surface area (Å²) in [5, 5.41) is 0. The van der Waals surface area contributed by atoms with E-state index in [2.05, 4.69) is 6.58 Å². The van der Waals surface area contributed by atoms with E-state index in [-0.39, 0.29) is 6.42 Å². The Hall–Kier alpha value is -1.58. The third-order valence-corrected chi connectivity index (χ3v) is 2.42. The fourth-order valence-corrected chi connectivity index (χ4v) is 1.27. The molecule has 16 heavy (non-hydrogen) atoms. The van der Waals surface area contributed by atoms with Crippen LogP contribution in [0.3, 0.4) is 0 Å². The zero-order valence-electron chi connectivity index (χ0n) is 8.93. The fourth-order valence-electron chi connectivity index (χ4n) is 1.27. The summed E-state index contributed by atoms with van der Waals surface area (Å²) in [4.78, 5) is 42.1. The van der Waals surface area contributed by atoms with Crippen molar-refractivity contribution < 1.29 is 19.2 Å². The lowest BCUT2D eigenvalue weighted by molar-refractivity contribution is 0.385. The van der Waals surface area contributed by atoms with Gasteiger partial charge in [-0.05, 0) is 6.42 Å². The minimum absolute atomic E-state index is 0.0231. The summed E-state index contributed by atoms with van der Waals surface area (Å²) in [5.41, 5.74) is 0. The minimum atomic E-state index is -0.822. The molecule has 0 bridgehead atoms. The zero-order chi connectivity index (χ0) is 12.6. The van der Waals surface area contributed by atoms with Gasteiger partial charge in [0.1, 0.15) is 0 Å². The lowest BCUT2D eigenvalue weighted by atomic mass is 9.82. The average molecular weight is 220 g/mol. The molecular weight excluding hydrogens is 208 g/mol. The highest BCUT2D eigenvalue weighted by atomic mass is 16.1. The second-order valence-electron chi connectivity index (χ2n) is 3.47. The standard InChI is InChI=1S/C12H12O4/c1-3-10(6-14)12(8-16)4-11(7-15)9(2)5-13/h3,9-12H,1,4H2,2H3. The van der Waals surface area contributed by atoms with Crippen molar-refractivity contribution in [1.29, 1.82) is 0 Å². The molecule has 0 aromatic heterocycles. The van der Waals surface area contributed by atoms with Crippen LogP contribution in [-0.2, 0) is 19.2 Å². The summed E-state index contributed by atoms with van der Waals surface area (Å²) in [5.74, 6) is -3.06. The van der Waals surface area contributed by atoms with E-state index in [0.29, 0.717) is 0 Å². The van der Waals surface area contributed by atoms with Crippen molar-refractivity contribution >= 4 is 25.1 Å². The molecule has 0 saturated carbocycles.